The average Bonchev–Trinajstić information content (AvgIpc) is 2.89. The summed E-state index contributed by atoms with van der Waals surface area (Å²) in [4.78, 5) is 24.0. The molecule has 0 spiro atoms. The van der Waals surface area contributed by atoms with Crippen LogP contribution in [0.5, 0.6) is 0 Å². The molecule has 0 atom stereocenters. The zero-order valence-electron chi connectivity index (χ0n) is 15.0. The molecule has 0 unspecified atom stereocenters. The minimum Gasteiger partial charge on any atom is -0.332 e. The van der Waals surface area contributed by atoms with E-state index in [-0.39, 0.29) is 5.91 Å². The van der Waals surface area contributed by atoms with Gasteiger partial charge in [-0.3, -0.25) is 9.48 Å². The molecule has 25 heavy (non-hydrogen) atoms. The fourth-order valence-corrected chi connectivity index (χ4v) is 3.50. The summed E-state index contributed by atoms with van der Waals surface area (Å²) in [7, 11) is 1.94. The number of hydrogen-bond donors (Lipinski definition) is 0. The third-order valence-corrected chi connectivity index (χ3v) is 5.06. The average molecular weight is 335 g/mol. The van der Waals surface area contributed by atoms with Crippen molar-refractivity contribution in [3.05, 3.63) is 52.1 Å². The minimum absolute atomic E-state index is 0.0337. The van der Waals surface area contributed by atoms with E-state index in [4.69, 9.17) is 0 Å². The monoisotopic (exact) mass is 335 g/mol. The molecule has 6 heteroatoms. The van der Waals surface area contributed by atoms with Gasteiger partial charge < -0.3 is 4.90 Å². The summed E-state index contributed by atoms with van der Waals surface area (Å²) in [6, 6.07) is 5.57. The fourth-order valence-electron chi connectivity index (χ4n) is 3.50. The van der Waals surface area contributed by atoms with Crippen molar-refractivity contribution in [2.45, 2.75) is 33.7 Å². The maximum absolute atomic E-state index is 13.0. The van der Waals surface area contributed by atoms with Crippen molar-refractivity contribution in [2.75, 3.05) is 6.54 Å². The molecule has 0 radical (unpaired) electrons. The highest BCUT2D eigenvalue weighted by molar-refractivity contribution is 5.97. The van der Waals surface area contributed by atoms with E-state index in [0.717, 1.165) is 46.8 Å². The standard InChI is InChI=1S/C19H21N5O/c1-11-12(2)21-17-9-14(5-6-16(17)20-11)19(25)24-8-7-15-13(3)22-23(4)18(15)10-24/h5-6,9H,7-8,10H2,1-4H3. The van der Waals surface area contributed by atoms with Crippen LogP contribution in [0.3, 0.4) is 0 Å². The lowest BCUT2D eigenvalue weighted by Crippen LogP contribution is -2.36. The van der Waals surface area contributed by atoms with Crippen LogP contribution in [0.1, 0.15) is 38.7 Å². The number of carbonyl (C=O) groups is 1. The zero-order valence-corrected chi connectivity index (χ0v) is 15.0. The summed E-state index contributed by atoms with van der Waals surface area (Å²) in [6.07, 6.45) is 0.854. The van der Waals surface area contributed by atoms with E-state index in [1.165, 1.54) is 5.56 Å². The molecule has 0 aliphatic carbocycles. The van der Waals surface area contributed by atoms with Crippen molar-refractivity contribution >= 4 is 16.9 Å². The molecule has 3 aromatic rings. The fraction of sp³-hybridized carbons (Fsp3) is 0.368. The van der Waals surface area contributed by atoms with Gasteiger partial charge in [0, 0.05) is 19.2 Å². The Hall–Kier alpha value is -2.76. The van der Waals surface area contributed by atoms with Gasteiger partial charge in [-0.15, -0.1) is 0 Å². The SMILES string of the molecule is Cc1nc2ccc(C(=O)N3CCc4c(C)nn(C)c4C3)cc2nc1C. The minimum atomic E-state index is 0.0337. The molecule has 2 aromatic heterocycles. The van der Waals surface area contributed by atoms with Gasteiger partial charge in [0.05, 0.1) is 40.4 Å². The Balaban J connectivity index is 1.66. The number of fused-ring (bicyclic) bond motifs is 2. The van der Waals surface area contributed by atoms with Crippen molar-refractivity contribution in [2.24, 2.45) is 7.05 Å². The Kier molecular flexibility index (Phi) is 3.56. The zero-order chi connectivity index (χ0) is 17.7. The molecule has 0 saturated carbocycles. The van der Waals surface area contributed by atoms with E-state index in [9.17, 15) is 4.79 Å². The van der Waals surface area contributed by atoms with Gasteiger partial charge in [-0.05, 0) is 51.0 Å². The predicted octanol–water partition coefficient (Wildman–Crippen LogP) is 2.49. The number of carbonyl (C=O) groups excluding carboxylic acids is 1. The predicted molar refractivity (Wildman–Crippen MR) is 95.4 cm³/mol. The first-order valence-corrected chi connectivity index (χ1v) is 8.49. The van der Waals surface area contributed by atoms with Gasteiger partial charge in [-0.25, -0.2) is 9.97 Å². The Labute approximate surface area is 146 Å². The summed E-state index contributed by atoms with van der Waals surface area (Å²) in [5.74, 6) is 0.0337. The largest absolute Gasteiger partial charge is 0.332 e. The highest BCUT2D eigenvalue weighted by Crippen LogP contribution is 2.23. The summed E-state index contributed by atoms with van der Waals surface area (Å²) in [5, 5.41) is 4.48. The maximum Gasteiger partial charge on any atom is 0.254 e. The van der Waals surface area contributed by atoms with Crippen LogP contribution in [0.25, 0.3) is 11.0 Å². The molecular formula is C19H21N5O. The highest BCUT2D eigenvalue weighted by atomic mass is 16.2. The number of nitrogens with zero attached hydrogens (tertiary/aromatic N) is 5. The van der Waals surface area contributed by atoms with Crippen LogP contribution in [0, 0.1) is 20.8 Å². The quantitative estimate of drug-likeness (QED) is 0.685. The Morgan fingerprint density at radius 2 is 1.76 bits per heavy atom. The van der Waals surface area contributed by atoms with Crippen molar-refractivity contribution in [1.82, 2.24) is 24.6 Å². The lowest BCUT2D eigenvalue weighted by molar-refractivity contribution is 0.0730. The summed E-state index contributed by atoms with van der Waals surface area (Å²) >= 11 is 0. The van der Waals surface area contributed by atoms with Crippen molar-refractivity contribution in [1.29, 1.82) is 0 Å². The normalized spacial score (nSPS) is 14.0. The molecule has 1 aliphatic heterocycles. The first-order valence-electron chi connectivity index (χ1n) is 8.49. The van der Waals surface area contributed by atoms with Crippen LogP contribution >= 0.6 is 0 Å². The summed E-state index contributed by atoms with van der Waals surface area (Å²) in [6.45, 7) is 7.23. The van der Waals surface area contributed by atoms with Crippen LogP contribution < -0.4 is 0 Å². The van der Waals surface area contributed by atoms with E-state index in [1.807, 2.05) is 55.6 Å². The molecule has 6 nitrogen and oxygen atoms in total. The molecule has 0 fully saturated rings. The van der Waals surface area contributed by atoms with Crippen molar-refractivity contribution in [3.63, 3.8) is 0 Å². The molecule has 3 heterocycles. The summed E-state index contributed by atoms with van der Waals surface area (Å²) < 4.78 is 1.89. The van der Waals surface area contributed by atoms with Gasteiger partial charge >= 0.3 is 0 Å². The van der Waals surface area contributed by atoms with Gasteiger partial charge in [-0.1, -0.05) is 0 Å². The van der Waals surface area contributed by atoms with Crippen LogP contribution in [-0.2, 0) is 20.0 Å². The van der Waals surface area contributed by atoms with Crippen molar-refractivity contribution in [3.8, 4) is 0 Å². The number of aromatic nitrogens is 4. The van der Waals surface area contributed by atoms with Gasteiger partial charge in [-0.2, -0.15) is 5.10 Å². The Morgan fingerprint density at radius 3 is 2.52 bits per heavy atom. The number of amides is 1. The number of aryl methyl sites for hydroxylation is 4. The van der Waals surface area contributed by atoms with E-state index in [2.05, 4.69) is 15.1 Å². The van der Waals surface area contributed by atoms with E-state index in [0.29, 0.717) is 12.1 Å². The molecule has 1 aliphatic rings. The second kappa shape index (κ2) is 5.65. The lowest BCUT2D eigenvalue weighted by Gasteiger charge is -2.27. The molecule has 0 saturated heterocycles. The van der Waals surface area contributed by atoms with E-state index in [1.54, 1.807) is 0 Å². The van der Waals surface area contributed by atoms with Gasteiger partial charge in [0.2, 0.25) is 0 Å². The number of hydrogen-bond acceptors (Lipinski definition) is 4. The Morgan fingerprint density at radius 1 is 1.04 bits per heavy atom. The molecule has 0 bridgehead atoms. The molecular weight excluding hydrogens is 314 g/mol. The third-order valence-electron chi connectivity index (χ3n) is 5.06. The van der Waals surface area contributed by atoms with Crippen LogP contribution in [-0.4, -0.2) is 37.1 Å². The molecule has 0 N–H and O–H groups in total. The van der Waals surface area contributed by atoms with E-state index < -0.39 is 0 Å². The highest BCUT2D eigenvalue weighted by Gasteiger charge is 2.26. The van der Waals surface area contributed by atoms with Gasteiger partial charge in [0.25, 0.3) is 5.91 Å². The molecule has 1 amide bonds. The third kappa shape index (κ3) is 2.58. The Bertz CT molecular complexity index is 1000. The van der Waals surface area contributed by atoms with Gasteiger partial charge in [0.15, 0.2) is 0 Å². The van der Waals surface area contributed by atoms with Crippen LogP contribution in [0.15, 0.2) is 18.2 Å². The topological polar surface area (TPSA) is 63.9 Å². The van der Waals surface area contributed by atoms with Crippen LogP contribution in [0.2, 0.25) is 0 Å². The number of benzene rings is 1. The smallest absolute Gasteiger partial charge is 0.254 e. The van der Waals surface area contributed by atoms with E-state index >= 15 is 0 Å². The number of rotatable bonds is 1. The summed E-state index contributed by atoms with van der Waals surface area (Å²) in [5.41, 5.74) is 7.53. The lowest BCUT2D eigenvalue weighted by atomic mass is 10.0. The second-order valence-electron chi connectivity index (χ2n) is 6.71. The first kappa shape index (κ1) is 15.7. The van der Waals surface area contributed by atoms with Crippen LogP contribution in [0.4, 0.5) is 0 Å². The maximum atomic E-state index is 13.0. The molecule has 128 valence electrons. The first-order chi connectivity index (χ1) is 11.9. The second-order valence-corrected chi connectivity index (χ2v) is 6.71. The van der Waals surface area contributed by atoms with Gasteiger partial charge in [0.1, 0.15) is 0 Å². The van der Waals surface area contributed by atoms with Crippen molar-refractivity contribution < 1.29 is 4.79 Å². The molecule has 4 rings (SSSR count). The molecule has 1 aromatic carbocycles.